The Morgan fingerprint density at radius 2 is 1.97 bits per heavy atom. The van der Waals surface area contributed by atoms with E-state index in [1.165, 1.54) is 0 Å². The molecule has 0 saturated carbocycles. The van der Waals surface area contributed by atoms with Gasteiger partial charge in [0.25, 0.3) is 11.5 Å². The van der Waals surface area contributed by atoms with E-state index in [2.05, 4.69) is 11.1 Å². The van der Waals surface area contributed by atoms with Crippen LogP contribution in [0.5, 0.6) is 0 Å². The largest absolute Gasteiger partial charge is 0.376 e. The maximum Gasteiger partial charge on any atom is 0.254 e. The molecule has 1 aliphatic rings. The van der Waals surface area contributed by atoms with Crippen LogP contribution in [0.25, 0.3) is 10.9 Å². The third kappa shape index (κ3) is 4.42. The number of carbonyl (C=O) groups excluding carboxylic acids is 1. The third-order valence-corrected chi connectivity index (χ3v) is 5.83. The standard InChI is InChI=1S/C24H25ClN2O3/c1-15-10-16(2)21-12-18(23(28)26-22(21)11-15)13-27(14-20-4-3-9-30-20)24(29)17-5-7-19(25)8-6-17/h5-8,10-12,20H,3-4,9,13-14H2,1-2H3,(H,26,28)/t20-/m1/s1. The van der Waals surface area contributed by atoms with E-state index in [-0.39, 0.29) is 24.1 Å². The van der Waals surface area contributed by atoms with Crippen LogP contribution in [0, 0.1) is 13.8 Å². The SMILES string of the molecule is Cc1cc(C)c2cc(CN(C[C@H]3CCCO3)C(=O)c3ccc(Cl)cc3)c(=O)[nH]c2c1. The molecule has 0 bridgehead atoms. The van der Waals surface area contributed by atoms with Gasteiger partial charge in [-0.1, -0.05) is 17.7 Å². The molecular formula is C24H25ClN2O3. The monoisotopic (exact) mass is 424 g/mol. The van der Waals surface area contributed by atoms with Crippen LogP contribution in [-0.2, 0) is 11.3 Å². The van der Waals surface area contributed by atoms with Gasteiger partial charge in [0.1, 0.15) is 0 Å². The minimum Gasteiger partial charge on any atom is -0.376 e. The number of H-pyrrole nitrogens is 1. The zero-order valence-corrected chi connectivity index (χ0v) is 18.0. The second kappa shape index (κ2) is 8.62. The lowest BCUT2D eigenvalue weighted by atomic mass is 10.0. The van der Waals surface area contributed by atoms with Gasteiger partial charge in [0, 0.05) is 40.2 Å². The molecule has 0 aliphatic carbocycles. The van der Waals surface area contributed by atoms with E-state index in [9.17, 15) is 9.59 Å². The third-order valence-electron chi connectivity index (χ3n) is 5.58. The van der Waals surface area contributed by atoms with Gasteiger partial charge < -0.3 is 14.6 Å². The number of rotatable bonds is 5. The van der Waals surface area contributed by atoms with Crippen molar-refractivity contribution in [2.24, 2.45) is 0 Å². The number of pyridine rings is 1. The Kier molecular flexibility index (Phi) is 5.93. The maximum absolute atomic E-state index is 13.2. The molecule has 3 aromatic rings. The molecule has 1 atom stereocenters. The van der Waals surface area contributed by atoms with Crippen LogP contribution in [-0.4, -0.2) is 35.0 Å². The summed E-state index contributed by atoms with van der Waals surface area (Å²) in [5.74, 6) is -0.137. The highest BCUT2D eigenvalue weighted by molar-refractivity contribution is 6.30. The molecule has 1 N–H and O–H groups in total. The molecule has 0 unspecified atom stereocenters. The number of hydrogen-bond acceptors (Lipinski definition) is 3. The van der Waals surface area contributed by atoms with E-state index < -0.39 is 0 Å². The van der Waals surface area contributed by atoms with Gasteiger partial charge in [-0.15, -0.1) is 0 Å². The van der Waals surface area contributed by atoms with Crippen LogP contribution >= 0.6 is 11.6 Å². The van der Waals surface area contributed by atoms with Crippen molar-refractivity contribution in [1.82, 2.24) is 9.88 Å². The Balaban J connectivity index is 1.68. The van der Waals surface area contributed by atoms with Crippen LogP contribution in [0.2, 0.25) is 5.02 Å². The molecule has 2 heterocycles. The topological polar surface area (TPSA) is 62.4 Å². The smallest absolute Gasteiger partial charge is 0.254 e. The summed E-state index contributed by atoms with van der Waals surface area (Å²) in [4.78, 5) is 30.7. The molecular weight excluding hydrogens is 400 g/mol. The molecule has 1 aliphatic heterocycles. The lowest BCUT2D eigenvalue weighted by Crippen LogP contribution is -2.38. The Hall–Kier alpha value is -2.63. The maximum atomic E-state index is 13.2. The number of halogens is 1. The molecule has 156 valence electrons. The second-order valence-electron chi connectivity index (χ2n) is 7.99. The van der Waals surface area contributed by atoms with Crippen molar-refractivity contribution in [1.29, 1.82) is 0 Å². The van der Waals surface area contributed by atoms with Gasteiger partial charge in [0.05, 0.1) is 12.6 Å². The number of aromatic nitrogens is 1. The van der Waals surface area contributed by atoms with Gasteiger partial charge in [-0.3, -0.25) is 9.59 Å². The summed E-state index contributed by atoms with van der Waals surface area (Å²) in [6, 6.07) is 12.8. The number of benzene rings is 2. The molecule has 1 fully saturated rings. The second-order valence-corrected chi connectivity index (χ2v) is 8.43. The zero-order chi connectivity index (χ0) is 21.3. The van der Waals surface area contributed by atoms with Crippen molar-refractivity contribution in [2.45, 2.75) is 39.3 Å². The van der Waals surface area contributed by atoms with Gasteiger partial charge >= 0.3 is 0 Å². The van der Waals surface area contributed by atoms with Crippen molar-refractivity contribution >= 4 is 28.4 Å². The molecule has 5 nitrogen and oxygen atoms in total. The molecule has 6 heteroatoms. The van der Waals surface area contributed by atoms with E-state index in [4.69, 9.17) is 16.3 Å². The molecule has 30 heavy (non-hydrogen) atoms. The molecule has 0 radical (unpaired) electrons. The van der Waals surface area contributed by atoms with Gasteiger partial charge in [-0.2, -0.15) is 0 Å². The minimum atomic E-state index is -0.172. The average molecular weight is 425 g/mol. The first-order valence-corrected chi connectivity index (χ1v) is 10.6. The number of nitrogens with one attached hydrogen (secondary N) is 1. The van der Waals surface area contributed by atoms with E-state index in [1.54, 1.807) is 29.2 Å². The first-order chi connectivity index (χ1) is 14.4. The van der Waals surface area contributed by atoms with E-state index in [1.807, 2.05) is 26.0 Å². The molecule has 1 aromatic heterocycles. The molecule has 4 rings (SSSR count). The summed E-state index contributed by atoms with van der Waals surface area (Å²) in [7, 11) is 0. The van der Waals surface area contributed by atoms with Crippen molar-refractivity contribution in [2.75, 3.05) is 13.2 Å². The Bertz CT molecular complexity index is 1130. The van der Waals surface area contributed by atoms with Crippen LogP contribution in [0.15, 0.2) is 47.3 Å². The fourth-order valence-electron chi connectivity index (χ4n) is 4.07. The van der Waals surface area contributed by atoms with Gasteiger partial charge in [-0.25, -0.2) is 0 Å². The average Bonchev–Trinajstić information content (AvgIpc) is 3.21. The quantitative estimate of drug-likeness (QED) is 0.650. The lowest BCUT2D eigenvalue weighted by molar-refractivity contribution is 0.0506. The summed E-state index contributed by atoms with van der Waals surface area (Å²) in [6.07, 6.45) is 1.89. The number of carbonyl (C=O) groups is 1. The molecule has 0 spiro atoms. The number of aryl methyl sites for hydroxylation is 2. The predicted octanol–water partition coefficient (Wildman–Crippen LogP) is 4.62. The fourth-order valence-corrected chi connectivity index (χ4v) is 4.19. The highest BCUT2D eigenvalue weighted by atomic mass is 35.5. The Morgan fingerprint density at radius 1 is 1.20 bits per heavy atom. The number of nitrogens with zero attached hydrogens (tertiary/aromatic N) is 1. The highest BCUT2D eigenvalue weighted by Gasteiger charge is 2.24. The molecule has 1 saturated heterocycles. The number of hydrogen-bond donors (Lipinski definition) is 1. The Morgan fingerprint density at radius 3 is 2.67 bits per heavy atom. The van der Waals surface area contributed by atoms with Gasteiger partial charge in [0.15, 0.2) is 0 Å². The number of amides is 1. The summed E-state index contributed by atoms with van der Waals surface area (Å²) < 4.78 is 5.76. The van der Waals surface area contributed by atoms with Crippen LogP contribution in [0.4, 0.5) is 0 Å². The first-order valence-electron chi connectivity index (χ1n) is 10.2. The van der Waals surface area contributed by atoms with E-state index in [0.717, 1.165) is 34.9 Å². The number of aromatic amines is 1. The summed E-state index contributed by atoms with van der Waals surface area (Å²) in [5, 5.41) is 1.57. The Labute approximate surface area is 180 Å². The van der Waals surface area contributed by atoms with Crippen LogP contribution < -0.4 is 5.56 Å². The predicted molar refractivity (Wildman–Crippen MR) is 119 cm³/mol. The minimum absolute atomic E-state index is 0.00910. The van der Waals surface area contributed by atoms with Crippen molar-refractivity contribution < 1.29 is 9.53 Å². The van der Waals surface area contributed by atoms with Crippen molar-refractivity contribution in [3.05, 3.63) is 80.1 Å². The highest BCUT2D eigenvalue weighted by Crippen LogP contribution is 2.21. The molecule has 2 aromatic carbocycles. The number of ether oxygens (including phenoxy) is 1. The number of fused-ring (bicyclic) bond motifs is 1. The van der Waals surface area contributed by atoms with Crippen LogP contribution in [0.3, 0.4) is 0 Å². The zero-order valence-electron chi connectivity index (χ0n) is 17.2. The van der Waals surface area contributed by atoms with Crippen LogP contribution in [0.1, 0.15) is 39.9 Å². The van der Waals surface area contributed by atoms with Crippen molar-refractivity contribution in [3.63, 3.8) is 0 Å². The lowest BCUT2D eigenvalue weighted by Gasteiger charge is -2.25. The van der Waals surface area contributed by atoms with E-state index >= 15 is 0 Å². The first kappa shape index (κ1) is 20.6. The summed E-state index contributed by atoms with van der Waals surface area (Å²) >= 11 is 5.97. The van der Waals surface area contributed by atoms with Crippen molar-refractivity contribution in [3.8, 4) is 0 Å². The fraction of sp³-hybridized carbons (Fsp3) is 0.333. The van der Waals surface area contributed by atoms with Gasteiger partial charge in [0.2, 0.25) is 0 Å². The summed E-state index contributed by atoms with van der Waals surface area (Å²) in [5.41, 5.74) is 3.94. The van der Waals surface area contributed by atoms with Gasteiger partial charge in [-0.05, 0) is 74.2 Å². The summed E-state index contributed by atoms with van der Waals surface area (Å²) in [6.45, 7) is 5.42. The molecule has 1 amide bonds. The normalized spacial score (nSPS) is 16.2. The van der Waals surface area contributed by atoms with E-state index in [0.29, 0.717) is 29.3 Å².